The molecule has 0 radical (unpaired) electrons. The molecule has 0 bridgehead atoms. The zero-order chi connectivity index (χ0) is 19.9. The fourth-order valence-corrected chi connectivity index (χ4v) is 3.18. The zero-order valence-electron chi connectivity index (χ0n) is 15.5. The van der Waals surface area contributed by atoms with Crippen LogP contribution >= 0.6 is 15.9 Å². The molecule has 1 amide bonds. The average Bonchev–Trinajstić information content (AvgIpc) is 2.74. The summed E-state index contributed by atoms with van der Waals surface area (Å²) in [5.74, 6) is 0.948. The molecule has 0 aliphatic heterocycles. The van der Waals surface area contributed by atoms with Gasteiger partial charge in [-0.05, 0) is 45.3 Å². The highest BCUT2D eigenvalue weighted by Crippen LogP contribution is 2.31. The molecule has 28 heavy (non-hydrogen) atoms. The number of hydrogen-bond acceptors (Lipinski definition) is 4. The van der Waals surface area contributed by atoms with Gasteiger partial charge in [-0.25, -0.2) is 5.43 Å². The maximum atomic E-state index is 12.3. The maximum Gasteiger partial charge on any atom is 0.271 e. The minimum absolute atomic E-state index is 0.289. The highest BCUT2D eigenvalue weighted by molar-refractivity contribution is 9.10. The number of nitrogens with one attached hydrogen (secondary N) is 1. The van der Waals surface area contributed by atoms with Crippen LogP contribution in [-0.4, -0.2) is 26.3 Å². The molecule has 0 aliphatic rings. The molecule has 3 aromatic rings. The van der Waals surface area contributed by atoms with E-state index >= 15 is 0 Å². The lowest BCUT2D eigenvalue weighted by molar-refractivity contribution is 0.0955. The van der Waals surface area contributed by atoms with Crippen molar-refractivity contribution in [3.05, 3.63) is 82.3 Å². The number of hydrogen-bond donors (Lipinski definition) is 1. The molecule has 0 unspecified atom stereocenters. The Hall–Kier alpha value is -3.12. The van der Waals surface area contributed by atoms with Crippen molar-refractivity contribution in [2.75, 3.05) is 14.2 Å². The largest absolute Gasteiger partial charge is 0.496 e. The van der Waals surface area contributed by atoms with Gasteiger partial charge in [0.1, 0.15) is 11.5 Å². The first-order chi connectivity index (χ1) is 13.6. The summed E-state index contributed by atoms with van der Waals surface area (Å²) in [6.07, 6.45) is 1.53. The minimum Gasteiger partial charge on any atom is -0.496 e. The molecule has 0 spiro atoms. The van der Waals surface area contributed by atoms with Crippen molar-refractivity contribution in [3.63, 3.8) is 0 Å². The standard InChI is InChI=1S/C22H19BrN2O3/c1-27-20-13-21(28-2)19(23)12-18(20)14-24-25-22(26)17-10-8-16(9-11-17)15-6-4-3-5-7-15/h3-14H,1-2H3,(H,25,26)/b24-14-. The fourth-order valence-electron chi connectivity index (χ4n) is 2.65. The summed E-state index contributed by atoms with van der Waals surface area (Å²) in [6, 6.07) is 20.9. The number of carbonyl (C=O) groups excluding carboxylic acids is 1. The van der Waals surface area contributed by atoms with Crippen molar-refractivity contribution in [2.45, 2.75) is 0 Å². The first-order valence-electron chi connectivity index (χ1n) is 8.53. The molecule has 0 aromatic heterocycles. The second kappa shape index (κ2) is 9.19. The molecular formula is C22H19BrN2O3. The smallest absolute Gasteiger partial charge is 0.271 e. The highest BCUT2D eigenvalue weighted by Gasteiger charge is 2.09. The topological polar surface area (TPSA) is 59.9 Å². The van der Waals surface area contributed by atoms with Crippen LogP contribution in [0.2, 0.25) is 0 Å². The van der Waals surface area contributed by atoms with E-state index in [-0.39, 0.29) is 5.91 Å². The molecule has 3 aromatic carbocycles. The monoisotopic (exact) mass is 438 g/mol. The lowest BCUT2D eigenvalue weighted by Crippen LogP contribution is -2.17. The fraction of sp³-hybridized carbons (Fsp3) is 0.0909. The molecule has 0 atom stereocenters. The molecule has 142 valence electrons. The summed E-state index contributed by atoms with van der Waals surface area (Å²) < 4.78 is 11.3. The summed E-state index contributed by atoms with van der Waals surface area (Å²) in [7, 11) is 3.14. The van der Waals surface area contributed by atoms with Crippen LogP contribution in [0.1, 0.15) is 15.9 Å². The van der Waals surface area contributed by atoms with Crippen molar-refractivity contribution in [1.82, 2.24) is 5.43 Å². The third-order valence-corrected chi connectivity index (χ3v) is 4.75. The van der Waals surface area contributed by atoms with E-state index in [4.69, 9.17) is 9.47 Å². The summed E-state index contributed by atoms with van der Waals surface area (Å²) in [5.41, 5.74) is 5.92. The van der Waals surface area contributed by atoms with Crippen LogP contribution < -0.4 is 14.9 Å². The number of rotatable bonds is 6. The lowest BCUT2D eigenvalue weighted by Gasteiger charge is -2.09. The quantitative estimate of drug-likeness (QED) is 0.439. The molecule has 0 heterocycles. The Morgan fingerprint density at radius 2 is 1.57 bits per heavy atom. The van der Waals surface area contributed by atoms with Crippen LogP contribution in [0.4, 0.5) is 0 Å². The number of amides is 1. The van der Waals surface area contributed by atoms with E-state index in [1.807, 2.05) is 48.5 Å². The van der Waals surface area contributed by atoms with Gasteiger partial charge in [0.2, 0.25) is 0 Å². The van der Waals surface area contributed by atoms with Gasteiger partial charge in [-0.2, -0.15) is 5.10 Å². The lowest BCUT2D eigenvalue weighted by atomic mass is 10.0. The van der Waals surface area contributed by atoms with Gasteiger partial charge in [-0.1, -0.05) is 42.5 Å². The molecular weight excluding hydrogens is 420 g/mol. The van der Waals surface area contributed by atoms with Gasteiger partial charge in [0.15, 0.2) is 0 Å². The SMILES string of the molecule is COc1cc(OC)c(/C=N\NC(=O)c2ccc(-c3ccccc3)cc2)cc1Br. The minimum atomic E-state index is -0.289. The first-order valence-corrected chi connectivity index (χ1v) is 9.32. The zero-order valence-corrected chi connectivity index (χ0v) is 17.1. The molecule has 3 rings (SSSR count). The van der Waals surface area contributed by atoms with Gasteiger partial charge >= 0.3 is 0 Å². The summed E-state index contributed by atoms with van der Waals surface area (Å²) in [4.78, 5) is 12.3. The van der Waals surface area contributed by atoms with Crippen LogP contribution in [0.25, 0.3) is 11.1 Å². The molecule has 0 saturated carbocycles. The number of methoxy groups -OCH3 is 2. The third kappa shape index (κ3) is 4.58. The van der Waals surface area contributed by atoms with E-state index in [1.165, 1.54) is 6.21 Å². The number of hydrazone groups is 1. The van der Waals surface area contributed by atoms with Crippen LogP contribution in [0.3, 0.4) is 0 Å². The third-order valence-electron chi connectivity index (χ3n) is 4.13. The van der Waals surface area contributed by atoms with Gasteiger partial charge < -0.3 is 9.47 Å². The highest BCUT2D eigenvalue weighted by atomic mass is 79.9. The molecule has 1 N–H and O–H groups in total. The average molecular weight is 439 g/mol. The molecule has 5 nitrogen and oxygen atoms in total. The maximum absolute atomic E-state index is 12.3. The Kier molecular flexibility index (Phi) is 6.45. The second-order valence-electron chi connectivity index (χ2n) is 5.87. The van der Waals surface area contributed by atoms with Crippen molar-refractivity contribution < 1.29 is 14.3 Å². The Morgan fingerprint density at radius 1 is 0.929 bits per heavy atom. The van der Waals surface area contributed by atoms with Crippen LogP contribution in [0.5, 0.6) is 11.5 Å². The molecule has 0 aliphatic carbocycles. The van der Waals surface area contributed by atoms with E-state index < -0.39 is 0 Å². The predicted molar refractivity (Wildman–Crippen MR) is 114 cm³/mol. The predicted octanol–water partition coefficient (Wildman–Crippen LogP) is 4.90. The second-order valence-corrected chi connectivity index (χ2v) is 6.73. The molecule has 0 fully saturated rings. The van der Waals surface area contributed by atoms with Crippen molar-refractivity contribution >= 4 is 28.1 Å². The first kappa shape index (κ1) is 19.6. The number of carbonyl (C=O) groups is 1. The van der Waals surface area contributed by atoms with Gasteiger partial charge in [0.25, 0.3) is 5.91 Å². The van der Waals surface area contributed by atoms with E-state index in [9.17, 15) is 4.79 Å². The summed E-state index contributed by atoms with van der Waals surface area (Å²) >= 11 is 3.42. The van der Waals surface area contributed by atoms with E-state index in [1.54, 1.807) is 32.4 Å². The Balaban J connectivity index is 1.69. The van der Waals surface area contributed by atoms with Crippen molar-refractivity contribution in [2.24, 2.45) is 5.10 Å². The Morgan fingerprint density at radius 3 is 2.21 bits per heavy atom. The van der Waals surface area contributed by atoms with Gasteiger partial charge in [-0.15, -0.1) is 0 Å². The van der Waals surface area contributed by atoms with Crippen molar-refractivity contribution in [1.29, 1.82) is 0 Å². The summed E-state index contributed by atoms with van der Waals surface area (Å²) in [5, 5.41) is 4.04. The number of ether oxygens (including phenoxy) is 2. The van der Waals surface area contributed by atoms with E-state index in [2.05, 4.69) is 26.5 Å². The normalized spacial score (nSPS) is 10.7. The van der Waals surface area contributed by atoms with Gasteiger partial charge in [0, 0.05) is 17.2 Å². The van der Waals surface area contributed by atoms with Gasteiger partial charge in [-0.3, -0.25) is 4.79 Å². The molecule has 0 saturated heterocycles. The number of benzene rings is 3. The van der Waals surface area contributed by atoms with Crippen LogP contribution in [0.15, 0.2) is 76.3 Å². The molecule has 6 heteroatoms. The Labute approximate surface area is 172 Å². The van der Waals surface area contributed by atoms with Crippen LogP contribution in [-0.2, 0) is 0 Å². The van der Waals surface area contributed by atoms with Crippen molar-refractivity contribution in [3.8, 4) is 22.6 Å². The van der Waals surface area contributed by atoms with Gasteiger partial charge in [0.05, 0.1) is 24.9 Å². The number of nitrogens with zero attached hydrogens (tertiary/aromatic N) is 1. The van der Waals surface area contributed by atoms with E-state index in [0.717, 1.165) is 15.6 Å². The Bertz CT molecular complexity index is 987. The van der Waals surface area contributed by atoms with Crippen LogP contribution in [0, 0.1) is 0 Å². The number of halogens is 1. The summed E-state index contributed by atoms with van der Waals surface area (Å²) in [6.45, 7) is 0. The van der Waals surface area contributed by atoms with E-state index in [0.29, 0.717) is 22.6 Å².